The molecule has 2 aromatic rings. The highest BCUT2D eigenvalue weighted by molar-refractivity contribution is 6.29. The summed E-state index contributed by atoms with van der Waals surface area (Å²) >= 11 is 5.70. The van der Waals surface area contributed by atoms with Gasteiger partial charge >= 0.3 is 0 Å². The maximum absolute atomic E-state index is 5.70. The second-order valence-electron chi connectivity index (χ2n) is 3.10. The Morgan fingerprint density at radius 3 is 2.88 bits per heavy atom. The molecular weight excluding hydrogens is 226 g/mol. The van der Waals surface area contributed by atoms with Gasteiger partial charge in [0.25, 0.3) is 0 Å². The molecule has 2 rings (SSSR count). The molecule has 0 aliphatic rings. The molecule has 0 saturated carbocycles. The van der Waals surface area contributed by atoms with E-state index >= 15 is 0 Å². The summed E-state index contributed by atoms with van der Waals surface area (Å²) in [7, 11) is 0. The molecule has 82 valence electrons. The van der Waals surface area contributed by atoms with Crippen molar-refractivity contribution in [1.82, 2.24) is 15.0 Å². The van der Waals surface area contributed by atoms with E-state index in [9.17, 15) is 0 Å². The second-order valence-corrected chi connectivity index (χ2v) is 3.49. The Morgan fingerprint density at radius 1 is 1.19 bits per heavy atom. The minimum atomic E-state index is 0.378. The largest absolute Gasteiger partial charge is 0.477 e. The Bertz CT molecular complexity index is 450. The van der Waals surface area contributed by atoms with E-state index in [-0.39, 0.29) is 0 Å². The molecule has 5 heteroatoms. The molecule has 2 heterocycles. The zero-order chi connectivity index (χ0) is 11.2. The molecular formula is C11H10ClN3O. The lowest BCUT2D eigenvalue weighted by molar-refractivity contribution is 0.307. The van der Waals surface area contributed by atoms with Crippen LogP contribution in [0.25, 0.3) is 0 Å². The molecule has 0 amide bonds. The monoisotopic (exact) mass is 235 g/mol. The van der Waals surface area contributed by atoms with Crippen LogP contribution in [0.3, 0.4) is 0 Å². The highest BCUT2D eigenvalue weighted by Crippen LogP contribution is 2.10. The molecule has 0 fully saturated rings. The van der Waals surface area contributed by atoms with E-state index in [1.54, 1.807) is 12.3 Å². The molecule has 0 aliphatic carbocycles. The topological polar surface area (TPSA) is 47.9 Å². The van der Waals surface area contributed by atoms with Crippen LogP contribution in [0.15, 0.2) is 36.8 Å². The van der Waals surface area contributed by atoms with E-state index in [0.29, 0.717) is 17.6 Å². The Balaban J connectivity index is 1.85. The maximum atomic E-state index is 5.70. The van der Waals surface area contributed by atoms with Crippen LogP contribution in [-0.4, -0.2) is 21.6 Å². The number of nitrogens with zero attached hydrogens (tertiary/aromatic N) is 3. The van der Waals surface area contributed by atoms with Crippen molar-refractivity contribution >= 4 is 11.6 Å². The fourth-order valence-electron chi connectivity index (χ4n) is 1.20. The standard InChI is InChI=1S/C11H10ClN3O/c12-10-7-11(15-8-14-10)16-6-4-9-3-1-2-5-13-9/h1-3,5,7-8H,4,6H2. The summed E-state index contributed by atoms with van der Waals surface area (Å²) in [4.78, 5) is 11.9. The maximum Gasteiger partial charge on any atom is 0.217 e. The molecule has 0 saturated heterocycles. The summed E-state index contributed by atoms with van der Waals surface area (Å²) in [5.41, 5.74) is 0.989. The molecule has 0 atom stereocenters. The first kappa shape index (κ1) is 10.8. The van der Waals surface area contributed by atoms with E-state index in [2.05, 4.69) is 15.0 Å². The van der Waals surface area contributed by atoms with Crippen molar-refractivity contribution in [3.8, 4) is 5.88 Å². The lowest BCUT2D eigenvalue weighted by atomic mass is 10.3. The molecule has 0 unspecified atom stereocenters. The normalized spacial score (nSPS) is 10.1. The SMILES string of the molecule is Clc1cc(OCCc2ccccn2)ncn1. The lowest BCUT2D eigenvalue weighted by Gasteiger charge is -2.04. The van der Waals surface area contributed by atoms with Crippen molar-refractivity contribution in [2.75, 3.05) is 6.61 Å². The van der Waals surface area contributed by atoms with Crippen LogP contribution < -0.4 is 4.74 Å². The van der Waals surface area contributed by atoms with Crippen molar-refractivity contribution in [3.63, 3.8) is 0 Å². The zero-order valence-electron chi connectivity index (χ0n) is 8.51. The van der Waals surface area contributed by atoms with Crippen molar-refractivity contribution in [1.29, 1.82) is 0 Å². The smallest absolute Gasteiger partial charge is 0.217 e. The average Bonchev–Trinajstić information content (AvgIpc) is 2.30. The van der Waals surface area contributed by atoms with Gasteiger partial charge in [-0.05, 0) is 12.1 Å². The first-order chi connectivity index (χ1) is 7.84. The lowest BCUT2D eigenvalue weighted by Crippen LogP contribution is -2.03. The van der Waals surface area contributed by atoms with Crippen LogP contribution in [-0.2, 0) is 6.42 Å². The Kier molecular flexibility index (Phi) is 3.66. The Labute approximate surface area is 98.3 Å². The molecule has 0 radical (unpaired) electrons. The molecule has 4 nitrogen and oxygen atoms in total. The third-order valence-corrected chi connectivity index (χ3v) is 2.15. The van der Waals surface area contributed by atoms with Crippen LogP contribution >= 0.6 is 11.6 Å². The van der Waals surface area contributed by atoms with Gasteiger partial charge in [0.05, 0.1) is 6.61 Å². The minimum Gasteiger partial charge on any atom is -0.477 e. The van der Waals surface area contributed by atoms with Crippen LogP contribution in [0, 0.1) is 0 Å². The fraction of sp³-hybridized carbons (Fsp3) is 0.182. The van der Waals surface area contributed by atoms with Gasteiger partial charge in [-0.25, -0.2) is 9.97 Å². The van der Waals surface area contributed by atoms with Crippen LogP contribution in [0.1, 0.15) is 5.69 Å². The van der Waals surface area contributed by atoms with E-state index < -0.39 is 0 Å². The van der Waals surface area contributed by atoms with E-state index in [4.69, 9.17) is 16.3 Å². The number of ether oxygens (including phenoxy) is 1. The molecule has 2 aromatic heterocycles. The summed E-state index contributed by atoms with van der Waals surface area (Å²) in [5.74, 6) is 0.482. The van der Waals surface area contributed by atoms with E-state index in [0.717, 1.165) is 12.1 Å². The van der Waals surface area contributed by atoms with Gasteiger partial charge in [-0.1, -0.05) is 17.7 Å². The van der Waals surface area contributed by atoms with Crippen molar-refractivity contribution in [2.24, 2.45) is 0 Å². The van der Waals surface area contributed by atoms with Gasteiger partial charge in [-0.15, -0.1) is 0 Å². The quantitative estimate of drug-likeness (QED) is 0.762. The van der Waals surface area contributed by atoms with E-state index in [1.807, 2.05) is 18.2 Å². The molecule has 0 spiro atoms. The van der Waals surface area contributed by atoms with Gasteiger partial charge < -0.3 is 4.74 Å². The molecule has 0 N–H and O–H groups in total. The number of aromatic nitrogens is 3. The van der Waals surface area contributed by atoms with Gasteiger partial charge in [0.15, 0.2) is 0 Å². The summed E-state index contributed by atoms with van der Waals surface area (Å²) < 4.78 is 5.42. The summed E-state index contributed by atoms with van der Waals surface area (Å²) in [6.07, 6.45) is 3.87. The molecule has 0 aliphatic heterocycles. The molecule has 0 bridgehead atoms. The predicted octanol–water partition coefficient (Wildman–Crippen LogP) is 2.15. The second kappa shape index (κ2) is 5.42. The number of hydrogen-bond donors (Lipinski definition) is 0. The fourth-order valence-corrected chi connectivity index (χ4v) is 1.34. The number of pyridine rings is 1. The predicted molar refractivity (Wildman–Crippen MR) is 60.5 cm³/mol. The van der Waals surface area contributed by atoms with Gasteiger partial charge in [-0.2, -0.15) is 0 Å². The van der Waals surface area contributed by atoms with Crippen molar-refractivity contribution < 1.29 is 4.74 Å². The highest BCUT2D eigenvalue weighted by Gasteiger charge is 1.98. The third-order valence-electron chi connectivity index (χ3n) is 1.94. The van der Waals surface area contributed by atoms with Crippen LogP contribution in [0.2, 0.25) is 5.15 Å². The Morgan fingerprint density at radius 2 is 2.12 bits per heavy atom. The minimum absolute atomic E-state index is 0.378. The summed E-state index contributed by atoms with van der Waals surface area (Å²) in [6.45, 7) is 0.518. The van der Waals surface area contributed by atoms with Crippen molar-refractivity contribution in [3.05, 3.63) is 47.6 Å². The molecule has 0 aromatic carbocycles. The van der Waals surface area contributed by atoms with Crippen LogP contribution in [0.5, 0.6) is 5.88 Å². The number of rotatable bonds is 4. The van der Waals surface area contributed by atoms with Gasteiger partial charge in [0.2, 0.25) is 5.88 Å². The first-order valence-corrected chi connectivity index (χ1v) is 5.22. The average molecular weight is 236 g/mol. The summed E-state index contributed by atoms with van der Waals surface area (Å²) in [5, 5.41) is 0.378. The zero-order valence-corrected chi connectivity index (χ0v) is 9.26. The number of halogens is 1. The van der Waals surface area contributed by atoms with Gasteiger partial charge in [0, 0.05) is 24.4 Å². The van der Waals surface area contributed by atoms with Crippen molar-refractivity contribution in [2.45, 2.75) is 6.42 Å². The third kappa shape index (κ3) is 3.17. The van der Waals surface area contributed by atoms with Gasteiger partial charge in [-0.3, -0.25) is 4.98 Å². The van der Waals surface area contributed by atoms with Gasteiger partial charge in [0.1, 0.15) is 11.5 Å². The summed E-state index contributed by atoms with van der Waals surface area (Å²) in [6, 6.07) is 7.37. The van der Waals surface area contributed by atoms with E-state index in [1.165, 1.54) is 6.33 Å². The molecule has 16 heavy (non-hydrogen) atoms. The highest BCUT2D eigenvalue weighted by atomic mass is 35.5. The number of hydrogen-bond acceptors (Lipinski definition) is 4. The first-order valence-electron chi connectivity index (χ1n) is 4.85. The Hall–Kier alpha value is -1.68. The van der Waals surface area contributed by atoms with Crippen LogP contribution in [0.4, 0.5) is 0 Å².